The normalized spacial score (nSPS) is 30.7. The van der Waals surface area contributed by atoms with Gasteiger partial charge in [0.05, 0.1) is 13.7 Å². The predicted molar refractivity (Wildman–Crippen MR) is 81.3 cm³/mol. The summed E-state index contributed by atoms with van der Waals surface area (Å²) < 4.78 is 16.1. The van der Waals surface area contributed by atoms with E-state index in [4.69, 9.17) is 19.3 Å². The smallest absolute Gasteiger partial charge is 0.229 e. The molecule has 5 atom stereocenters. The van der Waals surface area contributed by atoms with Gasteiger partial charge >= 0.3 is 0 Å². The minimum absolute atomic E-state index is 0.360. The van der Waals surface area contributed by atoms with Crippen molar-refractivity contribution < 1.29 is 34.6 Å². The molecular formula is C16H22O7. The van der Waals surface area contributed by atoms with Crippen molar-refractivity contribution in [2.45, 2.75) is 37.1 Å². The number of benzene rings is 1. The Balaban J connectivity index is 2.15. The second kappa shape index (κ2) is 7.76. The first-order valence-corrected chi connectivity index (χ1v) is 7.26. The maximum absolute atomic E-state index is 9.96. The summed E-state index contributed by atoms with van der Waals surface area (Å²) in [6.07, 6.45) is -4.21. The number of rotatable bonds is 6. The molecule has 1 aromatic carbocycles. The molecule has 7 heteroatoms. The number of ether oxygens (including phenoxy) is 3. The van der Waals surface area contributed by atoms with E-state index in [0.29, 0.717) is 17.9 Å². The molecule has 0 radical (unpaired) electrons. The van der Waals surface area contributed by atoms with Gasteiger partial charge < -0.3 is 34.6 Å². The molecule has 7 nitrogen and oxygen atoms in total. The van der Waals surface area contributed by atoms with Crippen molar-refractivity contribution >= 4 is 0 Å². The van der Waals surface area contributed by atoms with Crippen LogP contribution in [0.15, 0.2) is 30.9 Å². The summed E-state index contributed by atoms with van der Waals surface area (Å²) in [5.74, 6) is 0.950. The molecule has 1 fully saturated rings. The molecule has 2 rings (SSSR count). The third-order valence-corrected chi connectivity index (χ3v) is 3.72. The average molecular weight is 326 g/mol. The standard InChI is InChI=1S/C16H22O7/c1-3-4-9-5-6-10(7-11(9)21-2)22-16-15(20)14(19)13(18)12(8-17)23-16/h3,5-7,12-20H,1,4,8H2,2H3/t12-,13-,14+,15-,16-/m1/s1. The van der Waals surface area contributed by atoms with Gasteiger partial charge in [-0.3, -0.25) is 0 Å². The number of allylic oxidation sites excluding steroid dienone is 1. The lowest BCUT2D eigenvalue weighted by Crippen LogP contribution is -2.60. The van der Waals surface area contributed by atoms with E-state index in [1.165, 1.54) is 7.11 Å². The van der Waals surface area contributed by atoms with E-state index in [9.17, 15) is 15.3 Å². The predicted octanol–water partition coefficient (Wildman–Crippen LogP) is -0.398. The highest BCUT2D eigenvalue weighted by atomic mass is 16.7. The molecule has 23 heavy (non-hydrogen) atoms. The van der Waals surface area contributed by atoms with Gasteiger partial charge in [-0.05, 0) is 18.1 Å². The molecule has 0 aliphatic carbocycles. The molecule has 1 aliphatic rings. The van der Waals surface area contributed by atoms with Crippen LogP contribution in [-0.4, -0.2) is 64.8 Å². The van der Waals surface area contributed by atoms with Crippen molar-refractivity contribution in [2.75, 3.05) is 13.7 Å². The second-order valence-corrected chi connectivity index (χ2v) is 5.28. The van der Waals surface area contributed by atoms with Crippen LogP contribution in [0.5, 0.6) is 11.5 Å². The SMILES string of the molecule is C=CCc1ccc(O[C@@H]2O[C@H](CO)[C@@H](O)[C@H](O)[C@H]2O)cc1OC. The van der Waals surface area contributed by atoms with Crippen molar-refractivity contribution in [2.24, 2.45) is 0 Å². The second-order valence-electron chi connectivity index (χ2n) is 5.28. The minimum atomic E-state index is -1.48. The summed E-state index contributed by atoms with van der Waals surface area (Å²) in [7, 11) is 1.53. The molecule has 0 amide bonds. The van der Waals surface area contributed by atoms with E-state index in [0.717, 1.165) is 5.56 Å². The van der Waals surface area contributed by atoms with E-state index in [1.807, 2.05) is 0 Å². The van der Waals surface area contributed by atoms with E-state index >= 15 is 0 Å². The van der Waals surface area contributed by atoms with Gasteiger partial charge in [0.15, 0.2) is 0 Å². The molecule has 0 spiro atoms. The lowest BCUT2D eigenvalue weighted by molar-refractivity contribution is -0.277. The third-order valence-electron chi connectivity index (χ3n) is 3.72. The lowest BCUT2D eigenvalue weighted by Gasteiger charge is -2.39. The molecule has 4 N–H and O–H groups in total. The largest absolute Gasteiger partial charge is 0.496 e. The lowest BCUT2D eigenvalue weighted by atomic mass is 9.99. The molecule has 0 bridgehead atoms. The Labute approximate surface area is 134 Å². The summed E-state index contributed by atoms with van der Waals surface area (Å²) in [5, 5.41) is 38.6. The van der Waals surface area contributed by atoms with Crippen LogP contribution in [0.25, 0.3) is 0 Å². The molecule has 1 aromatic rings. The Bertz CT molecular complexity index is 531. The van der Waals surface area contributed by atoms with Gasteiger partial charge in [-0.1, -0.05) is 12.1 Å². The number of hydrogen-bond acceptors (Lipinski definition) is 7. The van der Waals surface area contributed by atoms with E-state index in [1.54, 1.807) is 24.3 Å². The Morgan fingerprint density at radius 3 is 2.57 bits per heavy atom. The molecule has 1 aliphatic heterocycles. The Hall–Kier alpha value is -1.64. The third kappa shape index (κ3) is 3.82. The monoisotopic (exact) mass is 326 g/mol. The van der Waals surface area contributed by atoms with Crippen molar-refractivity contribution in [3.05, 3.63) is 36.4 Å². The zero-order valence-corrected chi connectivity index (χ0v) is 12.8. The van der Waals surface area contributed by atoms with Crippen LogP contribution in [0.3, 0.4) is 0 Å². The van der Waals surface area contributed by atoms with Crippen LogP contribution in [0.4, 0.5) is 0 Å². The van der Waals surface area contributed by atoms with Gasteiger partial charge in [0.1, 0.15) is 35.9 Å². The summed E-state index contributed by atoms with van der Waals surface area (Å²) in [4.78, 5) is 0. The fraction of sp³-hybridized carbons (Fsp3) is 0.500. The first kappa shape index (κ1) is 17.7. The summed E-state index contributed by atoms with van der Waals surface area (Å²) in [6, 6.07) is 5.09. The van der Waals surface area contributed by atoms with Gasteiger partial charge in [0.2, 0.25) is 6.29 Å². The molecule has 1 heterocycles. The molecular weight excluding hydrogens is 304 g/mol. The molecule has 1 saturated heterocycles. The van der Waals surface area contributed by atoms with Crippen molar-refractivity contribution in [1.82, 2.24) is 0 Å². The first-order chi connectivity index (χ1) is 11.0. The summed E-state index contributed by atoms with van der Waals surface area (Å²) in [5.41, 5.74) is 0.920. The topological polar surface area (TPSA) is 109 Å². The van der Waals surface area contributed by atoms with Crippen LogP contribution < -0.4 is 9.47 Å². The Morgan fingerprint density at radius 2 is 1.96 bits per heavy atom. The van der Waals surface area contributed by atoms with E-state index in [2.05, 4.69) is 6.58 Å². The number of hydrogen-bond donors (Lipinski definition) is 4. The zero-order valence-electron chi connectivity index (χ0n) is 12.8. The van der Waals surface area contributed by atoms with Crippen LogP contribution in [0, 0.1) is 0 Å². The average Bonchev–Trinajstić information content (AvgIpc) is 2.56. The quantitative estimate of drug-likeness (QED) is 0.527. The molecule has 0 saturated carbocycles. The molecule has 0 unspecified atom stereocenters. The first-order valence-electron chi connectivity index (χ1n) is 7.26. The Morgan fingerprint density at radius 1 is 1.22 bits per heavy atom. The zero-order chi connectivity index (χ0) is 17.0. The number of aliphatic hydroxyl groups is 4. The Kier molecular flexibility index (Phi) is 5.97. The minimum Gasteiger partial charge on any atom is -0.496 e. The summed E-state index contributed by atoms with van der Waals surface area (Å²) in [6.45, 7) is 3.17. The van der Waals surface area contributed by atoms with Crippen LogP contribution in [-0.2, 0) is 11.2 Å². The number of methoxy groups -OCH3 is 1. The highest BCUT2D eigenvalue weighted by molar-refractivity contribution is 5.41. The van der Waals surface area contributed by atoms with Crippen LogP contribution in [0.1, 0.15) is 5.56 Å². The van der Waals surface area contributed by atoms with E-state index in [-0.39, 0.29) is 0 Å². The van der Waals surface area contributed by atoms with Crippen molar-refractivity contribution in [1.29, 1.82) is 0 Å². The van der Waals surface area contributed by atoms with Gasteiger partial charge in [-0.25, -0.2) is 0 Å². The van der Waals surface area contributed by atoms with Gasteiger partial charge in [0.25, 0.3) is 0 Å². The van der Waals surface area contributed by atoms with Crippen LogP contribution in [0.2, 0.25) is 0 Å². The van der Waals surface area contributed by atoms with Gasteiger partial charge in [-0.15, -0.1) is 6.58 Å². The summed E-state index contributed by atoms with van der Waals surface area (Å²) >= 11 is 0. The van der Waals surface area contributed by atoms with Crippen molar-refractivity contribution in [3.8, 4) is 11.5 Å². The highest BCUT2D eigenvalue weighted by Gasteiger charge is 2.44. The maximum atomic E-state index is 9.96. The van der Waals surface area contributed by atoms with Gasteiger partial charge in [0, 0.05) is 6.07 Å². The molecule has 0 aromatic heterocycles. The fourth-order valence-corrected chi connectivity index (χ4v) is 2.42. The fourth-order valence-electron chi connectivity index (χ4n) is 2.42. The highest BCUT2D eigenvalue weighted by Crippen LogP contribution is 2.29. The van der Waals surface area contributed by atoms with Crippen molar-refractivity contribution in [3.63, 3.8) is 0 Å². The maximum Gasteiger partial charge on any atom is 0.229 e. The van der Waals surface area contributed by atoms with Crippen LogP contribution >= 0.6 is 0 Å². The number of aliphatic hydroxyl groups excluding tert-OH is 4. The van der Waals surface area contributed by atoms with Gasteiger partial charge in [-0.2, -0.15) is 0 Å². The molecule has 128 valence electrons. The van der Waals surface area contributed by atoms with E-state index < -0.39 is 37.3 Å².